The quantitative estimate of drug-likeness (QED) is 0.780. The highest BCUT2D eigenvalue weighted by Gasteiger charge is 2.17. The molecule has 18 heavy (non-hydrogen) atoms. The lowest BCUT2D eigenvalue weighted by molar-refractivity contribution is -0.127. The van der Waals surface area contributed by atoms with Crippen molar-refractivity contribution in [2.45, 2.75) is 32.9 Å². The average molecular weight is 252 g/mol. The van der Waals surface area contributed by atoms with E-state index in [4.69, 9.17) is 15.2 Å². The van der Waals surface area contributed by atoms with Gasteiger partial charge in [0.05, 0.1) is 7.11 Å². The second-order valence-corrected chi connectivity index (χ2v) is 4.33. The number of hydrogen-bond acceptors (Lipinski definition) is 4. The molecule has 3 N–H and O–H groups in total. The molecule has 100 valence electrons. The van der Waals surface area contributed by atoms with Crippen LogP contribution in [0, 0.1) is 0 Å². The van der Waals surface area contributed by atoms with Gasteiger partial charge in [0.15, 0.2) is 17.6 Å². The number of amides is 1. The van der Waals surface area contributed by atoms with Gasteiger partial charge in [0.2, 0.25) is 0 Å². The molecule has 1 rings (SSSR count). The number of ether oxygens (including phenoxy) is 2. The maximum absolute atomic E-state index is 11.7. The highest BCUT2D eigenvalue weighted by molar-refractivity contribution is 5.81. The number of rotatable bonds is 5. The van der Waals surface area contributed by atoms with E-state index in [1.54, 1.807) is 25.1 Å². The summed E-state index contributed by atoms with van der Waals surface area (Å²) < 4.78 is 10.7. The van der Waals surface area contributed by atoms with Gasteiger partial charge >= 0.3 is 0 Å². The predicted octanol–water partition coefficient (Wildman–Crippen LogP) is 1.57. The van der Waals surface area contributed by atoms with Crippen LogP contribution in [-0.2, 0) is 4.79 Å². The number of nitrogens with two attached hydrogens (primary N) is 1. The monoisotopic (exact) mass is 252 g/mol. The standard InChI is InChI=1S/C13H20N2O3/c1-8(2)15-13(16)9(3)18-11-6-5-10(14)7-12(11)17-4/h5-9H,14H2,1-4H3,(H,15,16). The van der Waals surface area contributed by atoms with E-state index in [0.29, 0.717) is 17.2 Å². The van der Waals surface area contributed by atoms with Gasteiger partial charge in [-0.25, -0.2) is 0 Å². The van der Waals surface area contributed by atoms with Gasteiger partial charge in [-0.15, -0.1) is 0 Å². The Bertz CT molecular complexity index is 419. The van der Waals surface area contributed by atoms with Crippen molar-refractivity contribution in [1.29, 1.82) is 0 Å². The summed E-state index contributed by atoms with van der Waals surface area (Å²) in [5.41, 5.74) is 6.23. The number of carbonyl (C=O) groups excluding carboxylic acids is 1. The van der Waals surface area contributed by atoms with Gasteiger partial charge in [0, 0.05) is 17.8 Å². The van der Waals surface area contributed by atoms with Crippen LogP contribution < -0.4 is 20.5 Å². The number of carbonyl (C=O) groups is 1. The molecule has 1 unspecified atom stereocenters. The first-order chi connectivity index (χ1) is 8.43. The summed E-state index contributed by atoms with van der Waals surface area (Å²) in [5, 5.41) is 2.78. The molecule has 1 aromatic carbocycles. The van der Waals surface area contributed by atoms with Crippen LogP contribution in [0.4, 0.5) is 5.69 Å². The molecule has 0 radical (unpaired) electrons. The van der Waals surface area contributed by atoms with Gasteiger partial charge in [0.25, 0.3) is 5.91 Å². The van der Waals surface area contributed by atoms with Crippen LogP contribution in [0.3, 0.4) is 0 Å². The molecule has 0 spiro atoms. The topological polar surface area (TPSA) is 73.6 Å². The normalized spacial score (nSPS) is 12.1. The molecule has 0 fully saturated rings. The minimum absolute atomic E-state index is 0.0804. The third-order valence-corrected chi connectivity index (χ3v) is 2.29. The van der Waals surface area contributed by atoms with Gasteiger partial charge < -0.3 is 20.5 Å². The zero-order valence-electron chi connectivity index (χ0n) is 11.2. The third-order valence-electron chi connectivity index (χ3n) is 2.29. The van der Waals surface area contributed by atoms with Crippen molar-refractivity contribution in [1.82, 2.24) is 5.32 Å². The van der Waals surface area contributed by atoms with Crippen LogP contribution in [0.5, 0.6) is 11.5 Å². The Balaban J connectivity index is 2.75. The van der Waals surface area contributed by atoms with E-state index in [2.05, 4.69) is 5.32 Å². The Morgan fingerprint density at radius 1 is 1.28 bits per heavy atom. The highest BCUT2D eigenvalue weighted by Crippen LogP contribution is 2.29. The van der Waals surface area contributed by atoms with Crippen molar-refractivity contribution >= 4 is 11.6 Å². The van der Waals surface area contributed by atoms with Crippen LogP contribution in [0.15, 0.2) is 18.2 Å². The first kappa shape index (κ1) is 14.2. The van der Waals surface area contributed by atoms with Crippen LogP contribution >= 0.6 is 0 Å². The Kier molecular flexibility index (Phi) is 4.83. The zero-order chi connectivity index (χ0) is 13.7. The van der Waals surface area contributed by atoms with Gasteiger partial charge in [-0.05, 0) is 32.9 Å². The largest absolute Gasteiger partial charge is 0.493 e. The second-order valence-electron chi connectivity index (χ2n) is 4.33. The summed E-state index contributed by atoms with van der Waals surface area (Å²) in [7, 11) is 1.53. The molecule has 1 aromatic rings. The minimum atomic E-state index is -0.593. The van der Waals surface area contributed by atoms with E-state index in [1.165, 1.54) is 7.11 Å². The minimum Gasteiger partial charge on any atom is -0.493 e. The molecule has 5 nitrogen and oxygen atoms in total. The highest BCUT2D eigenvalue weighted by atomic mass is 16.5. The molecule has 0 aromatic heterocycles. The van der Waals surface area contributed by atoms with Crippen molar-refractivity contribution in [2.24, 2.45) is 0 Å². The number of benzene rings is 1. The first-order valence-electron chi connectivity index (χ1n) is 5.84. The lowest BCUT2D eigenvalue weighted by atomic mass is 10.2. The molecular weight excluding hydrogens is 232 g/mol. The number of nitrogen functional groups attached to an aromatic ring is 1. The number of nitrogens with one attached hydrogen (secondary N) is 1. The van der Waals surface area contributed by atoms with Crippen LogP contribution in [-0.4, -0.2) is 25.2 Å². The summed E-state index contributed by atoms with van der Waals surface area (Å²) in [6.45, 7) is 5.48. The zero-order valence-corrected chi connectivity index (χ0v) is 11.2. The van der Waals surface area contributed by atoms with Gasteiger partial charge in [-0.2, -0.15) is 0 Å². The molecule has 0 heterocycles. The Morgan fingerprint density at radius 3 is 2.50 bits per heavy atom. The Labute approximate surface area is 107 Å². The summed E-state index contributed by atoms with van der Waals surface area (Å²) >= 11 is 0. The Hall–Kier alpha value is -1.91. The van der Waals surface area contributed by atoms with Crippen LogP contribution in [0.25, 0.3) is 0 Å². The number of hydrogen-bond donors (Lipinski definition) is 2. The number of methoxy groups -OCH3 is 1. The summed E-state index contributed by atoms with van der Waals surface area (Å²) in [6.07, 6.45) is -0.593. The lowest BCUT2D eigenvalue weighted by Crippen LogP contribution is -2.40. The Morgan fingerprint density at radius 2 is 1.94 bits per heavy atom. The third kappa shape index (κ3) is 3.84. The lowest BCUT2D eigenvalue weighted by Gasteiger charge is -2.18. The molecule has 5 heteroatoms. The fraction of sp³-hybridized carbons (Fsp3) is 0.462. The van der Waals surface area contributed by atoms with E-state index in [1.807, 2.05) is 13.8 Å². The molecule has 1 amide bonds. The maximum Gasteiger partial charge on any atom is 0.260 e. The van der Waals surface area contributed by atoms with Gasteiger partial charge in [-0.1, -0.05) is 0 Å². The summed E-state index contributed by atoms with van der Waals surface area (Å²) in [5.74, 6) is 0.848. The van der Waals surface area contributed by atoms with Crippen molar-refractivity contribution in [2.75, 3.05) is 12.8 Å². The molecule has 1 atom stereocenters. The average Bonchev–Trinajstić information content (AvgIpc) is 2.30. The van der Waals surface area contributed by atoms with Gasteiger partial charge in [-0.3, -0.25) is 4.79 Å². The molecule has 0 saturated carbocycles. The fourth-order valence-corrected chi connectivity index (χ4v) is 1.43. The predicted molar refractivity (Wildman–Crippen MR) is 70.8 cm³/mol. The SMILES string of the molecule is COc1cc(N)ccc1OC(C)C(=O)NC(C)C. The molecule has 0 aliphatic rings. The van der Waals surface area contributed by atoms with Crippen LogP contribution in [0.2, 0.25) is 0 Å². The van der Waals surface area contributed by atoms with Gasteiger partial charge in [0.1, 0.15) is 0 Å². The summed E-state index contributed by atoms with van der Waals surface area (Å²) in [6, 6.07) is 5.12. The van der Waals surface area contributed by atoms with Crippen molar-refractivity contribution in [3.63, 3.8) is 0 Å². The number of anilines is 1. The first-order valence-corrected chi connectivity index (χ1v) is 5.84. The fourth-order valence-electron chi connectivity index (χ4n) is 1.43. The van der Waals surface area contributed by atoms with E-state index < -0.39 is 6.10 Å². The smallest absolute Gasteiger partial charge is 0.260 e. The molecular formula is C13H20N2O3. The molecule has 0 aliphatic heterocycles. The van der Waals surface area contributed by atoms with E-state index in [9.17, 15) is 4.79 Å². The molecule has 0 aliphatic carbocycles. The van der Waals surface area contributed by atoms with Crippen molar-refractivity contribution in [3.05, 3.63) is 18.2 Å². The van der Waals surface area contributed by atoms with E-state index in [0.717, 1.165) is 0 Å². The summed E-state index contributed by atoms with van der Waals surface area (Å²) in [4.78, 5) is 11.7. The molecule has 0 saturated heterocycles. The van der Waals surface area contributed by atoms with Crippen molar-refractivity contribution in [3.8, 4) is 11.5 Å². The molecule has 0 bridgehead atoms. The van der Waals surface area contributed by atoms with E-state index in [-0.39, 0.29) is 11.9 Å². The second kappa shape index (κ2) is 6.14. The maximum atomic E-state index is 11.7. The van der Waals surface area contributed by atoms with Crippen molar-refractivity contribution < 1.29 is 14.3 Å². The van der Waals surface area contributed by atoms with E-state index >= 15 is 0 Å². The van der Waals surface area contributed by atoms with Crippen LogP contribution in [0.1, 0.15) is 20.8 Å².